The fourth-order valence-corrected chi connectivity index (χ4v) is 2.92. The van der Waals surface area contributed by atoms with Gasteiger partial charge in [0.05, 0.1) is 25.3 Å². The van der Waals surface area contributed by atoms with Crippen molar-refractivity contribution in [1.29, 1.82) is 5.26 Å². The molecule has 3 rings (SSSR count). The quantitative estimate of drug-likeness (QED) is 0.673. The van der Waals surface area contributed by atoms with Gasteiger partial charge in [0.2, 0.25) is 0 Å². The second-order valence-corrected chi connectivity index (χ2v) is 5.75. The van der Waals surface area contributed by atoms with E-state index < -0.39 is 0 Å². The topological polar surface area (TPSA) is 84.2 Å². The van der Waals surface area contributed by atoms with Crippen molar-refractivity contribution in [3.63, 3.8) is 0 Å². The van der Waals surface area contributed by atoms with Crippen LogP contribution < -0.4 is 10.1 Å². The maximum Gasteiger partial charge on any atom is 0.325 e. The molecule has 0 saturated carbocycles. The van der Waals surface area contributed by atoms with Crippen molar-refractivity contribution in [2.24, 2.45) is 0 Å². The van der Waals surface area contributed by atoms with Gasteiger partial charge in [-0.15, -0.1) is 0 Å². The first-order chi connectivity index (χ1) is 13.2. The van der Waals surface area contributed by atoms with Gasteiger partial charge in [-0.1, -0.05) is 24.3 Å². The largest absolute Gasteiger partial charge is 0.496 e. The summed E-state index contributed by atoms with van der Waals surface area (Å²) in [4.78, 5) is 16.2. The monoisotopic (exact) mass is 361 g/mol. The molecule has 3 aromatic rings. The summed E-state index contributed by atoms with van der Waals surface area (Å²) >= 11 is 0. The number of ether oxygens (including phenoxy) is 2. The van der Waals surface area contributed by atoms with E-state index in [9.17, 15) is 10.1 Å². The van der Waals surface area contributed by atoms with Crippen molar-refractivity contribution in [2.45, 2.75) is 6.92 Å². The molecule has 6 heteroatoms. The SMILES string of the molecule is CCOC(=O)CNc1ncc(-c2cccc(C#N)c2)c2c(OC)cccc12. The highest BCUT2D eigenvalue weighted by Gasteiger charge is 2.14. The number of aromatic nitrogens is 1. The lowest BCUT2D eigenvalue weighted by Crippen LogP contribution is -2.17. The van der Waals surface area contributed by atoms with E-state index in [1.54, 1.807) is 26.3 Å². The van der Waals surface area contributed by atoms with Crippen LogP contribution in [0.4, 0.5) is 5.82 Å². The predicted octanol–water partition coefficient (Wildman–Crippen LogP) is 3.76. The number of pyridine rings is 1. The van der Waals surface area contributed by atoms with Crippen LogP contribution in [0, 0.1) is 11.3 Å². The molecule has 0 radical (unpaired) electrons. The number of nitrogens with zero attached hydrogens (tertiary/aromatic N) is 2. The zero-order valence-corrected chi connectivity index (χ0v) is 15.2. The molecule has 0 atom stereocenters. The molecule has 0 bridgehead atoms. The Morgan fingerprint density at radius 2 is 2.07 bits per heavy atom. The number of esters is 1. The molecule has 2 aromatic carbocycles. The zero-order chi connectivity index (χ0) is 19.2. The highest BCUT2D eigenvalue weighted by Crippen LogP contribution is 2.37. The van der Waals surface area contributed by atoms with Crippen LogP contribution in [0.15, 0.2) is 48.7 Å². The summed E-state index contributed by atoms with van der Waals surface area (Å²) in [6.45, 7) is 2.12. The third-order valence-electron chi connectivity index (χ3n) is 4.10. The molecule has 0 fully saturated rings. The normalized spacial score (nSPS) is 10.3. The standard InChI is InChI=1S/C21H19N3O3/c1-3-27-19(25)13-24-21-16-8-5-9-18(26-2)20(16)17(12-23-21)15-7-4-6-14(10-15)11-22/h4-10,12H,3,13H2,1-2H3,(H,23,24). The van der Waals surface area contributed by atoms with E-state index in [1.807, 2.05) is 36.4 Å². The number of nitrogens with one attached hydrogen (secondary N) is 1. The number of rotatable bonds is 6. The van der Waals surface area contributed by atoms with Gasteiger partial charge in [0.1, 0.15) is 18.1 Å². The van der Waals surface area contributed by atoms with Gasteiger partial charge >= 0.3 is 5.97 Å². The molecular formula is C21H19N3O3. The first-order valence-electron chi connectivity index (χ1n) is 8.53. The number of anilines is 1. The average Bonchev–Trinajstić information content (AvgIpc) is 2.71. The minimum Gasteiger partial charge on any atom is -0.496 e. The lowest BCUT2D eigenvalue weighted by molar-refractivity contribution is -0.140. The first-order valence-corrected chi connectivity index (χ1v) is 8.53. The third kappa shape index (κ3) is 3.82. The number of carbonyl (C=O) groups excluding carboxylic acids is 1. The Morgan fingerprint density at radius 3 is 2.81 bits per heavy atom. The Bertz CT molecular complexity index is 1020. The van der Waals surface area contributed by atoms with Crippen LogP contribution in [0.5, 0.6) is 5.75 Å². The van der Waals surface area contributed by atoms with E-state index in [1.165, 1.54) is 0 Å². The molecule has 1 heterocycles. The van der Waals surface area contributed by atoms with Crippen molar-refractivity contribution >= 4 is 22.6 Å². The molecule has 136 valence electrons. The summed E-state index contributed by atoms with van der Waals surface area (Å²) in [5.74, 6) is 0.907. The van der Waals surface area contributed by atoms with Gasteiger partial charge in [0.15, 0.2) is 0 Å². The lowest BCUT2D eigenvalue weighted by Gasteiger charge is -2.15. The van der Waals surface area contributed by atoms with E-state index in [2.05, 4.69) is 16.4 Å². The first kappa shape index (κ1) is 18.2. The summed E-state index contributed by atoms with van der Waals surface area (Å²) in [5, 5.41) is 13.9. The summed E-state index contributed by atoms with van der Waals surface area (Å²) in [6, 6.07) is 15.1. The molecule has 0 aliphatic carbocycles. The second-order valence-electron chi connectivity index (χ2n) is 5.75. The number of hydrogen-bond acceptors (Lipinski definition) is 6. The van der Waals surface area contributed by atoms with Crippen LogP contribution in [0.2, 0.25) is 0 Å². The smallest absolute Gasteiger partial charge is 0.325 e. The van der Waals surface area contributed by atoms with Gasteiger partial charge in [-0.2, -0.15) is 5.26 Å². The van der Waals surface area contributed by atoms with Crippen molar-refractivity contribution in [3.8, 4) is 22.9 Å². The highest BCUT2D eigenvalue weighted by atomic mass is 16.5. The maximum atomic E-state index is 11.7. The number of hydrogen-bond donors (Lipinski definition) is 1. The summed E-state index contributed by atoms with van der Waals surface area (Å²) < 4.78 is 10.5. The number of carbonyl (C=O) groups is 1. The Morgan fingerprint density at radius 1 is 1.26 bits per heavy atom. The number of nitriles is 1. The molecule has 0 spiro atoms. The summed E-state index contributed by atoms with van der Waals surface area (Å²) in [5.41, 5.74) is 2.29. The van der Waals surface area contributed by atoms with Crippen LogP contribution in [0.1, 0.15) is 12.5 Å². The molecule has 1 aromatic heterocycles. The van der Waals surface area contributed by atoms with Crippen LogP contribution in [0.3, 0.4) is 0 Å². The number of methoxy groups -OCH3 is 1. The van der Waals surface area contributed by atoms with Crippen molar-refractivity contribution in [2.75, 3.05) is 25.6 Å². The molecule has 0 aliphatic rings. The Hall–Kier alpha value is -3.59. The number of benzene rings is 2. The molecule has 1 N–H and O–H groups in total. The van der Waals surface area contributed by atoms with E-state index in [4.69, 9.17) is 9.47 Å². The lowest BCUT2D eigenvalue weighted by atomic mass is 9.98. The third-order valence-corrected chi connectivity index (χ3v) is 4.10. The van der Waals surface area contributed by atoms with Crippen LogP contribution >= 0.6 is 0 Å². The van der Waals surface area contributed by atoms with Gasteiger partial charge in [-0.3, -0.25) is 4.79 Å². The van der Waals surface area contributed by atoms with Crippen molar-refractivity contribution in [3.05, 3.63) is 54.2 Å². The van der Waals surface area contributed by atoms with Gasteiger partial charge in [-0.05, 0) is 30.7 Å². The van der Waals surface area contributed by atoms with E-state index >= 15 is 0 Å². The van der Waals surface area contributed by atoms with Gasteiger partial charge in [0, 0.05) is 22.5 Å². The fourth-order valence-electron chi connectivity index (χ4n) is 2.92. The molecule has 0 saturated heterocycles. The van der Waals surface area contributed by atoms with Gasteiger partial charge < -0.3 is 14.8 Å². The maximum absolute atomic E-state index is 11.7. The molecule has 0 aliphatic heterocycles. The average molecular weight is 361 g/mol. The minimum absolute atomic E-state index is 0.0242. The van der Waals surface area contributed by atoms with E-state index in [0.29, 0.717) is 23.7 Å². The van der Waals surface area contributed by atoms with Crippen molar-refractivity contribution in [1.82, 2.24) is 4.98 Å². The minimum atomic E-state index is -0.346. The second kappa shape index (κ2) is 8.19. The summed E-state index contributed by atoms with van der Waals surface area (Å²) in [6.07, 6.45) is 1.72. The predicted molar refractivity (Wildman–Crippen MR) is 104 cm³/mol. The van der Waals surface area contributed by atoms with Crippen LogP contribution in [-0.4, -0.2) is 31.2 Å². The molecule has 27 heavy (non-hydrogen) atoms. The van der Waals surface area contributed by atoms with E-state index in [0.717, 1.165) is 21.9 Å². The van der Waals surface area contributed by atoms with Crippen molar-refractivity contribution < 1.29 is 14.3 Å². The molecule has 0 unspecified atom stereocenters. The van der Waals surface area contributed by atoms with Gasteiger partial charge in [-0.25, -0.2) is 4.98 Å². The molecule has 0 amide bonds. The van der Waals surface area contributed by atoms with E-state index in [-0.39, 0.29) is 12.5 Å². The Labute approximate surface area is 157 Å². The molecular weight excluding hydrogens is 342 g/mol. The Kier molecular flexibility index (Phi) is 5.53. The number of fused-ring (bicyclic) bond motifs is 1. The Balaban J connectivity index is 2.12. The zero-order valence-electron chi connectivity index (χ0n) is 15.2. The molecule has 6 nitrogen and oxygen atoms in total. The summed E-state index contributed by atoms with van der Waals surface area (Å²) in [7, 11) is 1.61. The fraction of sp³-hybridized carbons (Fsp3) is 0.190. The highest BCUT2D eigenvalue weighted by molar-refractivity contribution is 6.05. The van der Waals surface area contributed by atoms with Gasteiger partial charge in [0.25, 0.3) is 0 Å². The van der Waals surface area contributed by atoms with Crippen LogP contribution in [0.25, 0.3) is 21.9 Å². The van der Waals surface area contributed by atoms with Crippen LogP contribution in [-0.2, 0) is 9.53 Å².